The van der Waals surface area contributed by atoms with Crippen molar-refractivity contribution < 1.29 is 14.3 Å². The number of nitrogens with zero attached hydrogens (tertiary/aromatic N) is 2. The van der Waals surface area contributed by atoms with E-state index in [9.17, 15) is 4.79 Å². The maximum Gasteiger partial charge on any atom is 0.251 e. The van der Waals surface area contributed by atoms with Gasteiger partial charge in [-0.25, -0.2) is 4.98 Å². The molecule has 1 unspecified atom stereocenters. The number of para-hydroxylation sites is 1. The van der Waals surface area contributed by atoms with Gasteiger partial charge in [0.15, 0.2) is 0 Å². The van der Waals surface area contributed by atoms with Crippen LogP contribution in [0.25, 0.3) is 6.08 Å². The van der Waals surface area contributed by atoms with E-state index in [1.165, 1.54) is 0 Å². The maximum absolute atomic E-state index is 13.1. The number of hydrogen-bond acceptors (Lipinski definition) is 4. The molecule has 1 aromatic heterocycles. The zero-order valence-electron chi connectivity index (χ0n) is 16.1. The van der Waals surface area contributed by atoms with Crippen molar-refractivity contribution in [3.63, 3.8) is 0 Å². The minimum absolute atomic E-state index is 0.180. The lowest BCUT2D eigenvalue weighted by molar-refractivity contribution is -0.118. The van der Waals surface area contributed by atoms with E-state index in [1.54, 1.807) is 37.6 Å². The average Bonchev–Trinajstić information content (AvgIpc) is 3.16. The van der Waals surface area contributed by atoms with Gasteiger partial charge in [0.1, 0.15) is 30.0 Å². The van der Waals surface area contributed by atoms with Gasteiger partial charge in [-0.15, -0.1) is 0 Å². The Morgan fingerprint density at radius 1 is 1.31 bits per heavy atom. The number of aromatic nitrogens is 2. The standard InChI is InChI=1S/C22H20ClN3O3/c1-26-10-9-24-21(26)20(17-5-3-4-6-19(17)28-2)25-22(27)15-11-14-12-16(23)7-8-18(14)29-13-15/h3-12,20H,13H2,1-2H3,(H,25,27). The lowest BCUT2D eigenvalue weighted by atomic mass is 10.0. The van der Waals surface area contributed by atoms with Crippen LogP contribution in [-0.4, -0.2) is 29.2 Å². The molecule has 0 fully saturated rings. The van der Waals surface area contributed by atoms with Crippen molar-refractivity contribution in [2.75, 3.05) is 13.7 Å². The molecular weight excluding hydrogens is 390 g/mol. The number of rotatable bonds is 5. The minimum atomic E-state index is -0.486. The van der Waals surface area contributed by atoms with E-state index in [4.69, 9.17) is 21.1 Å². The van der Waals surface area contributed by atoms with Crippen LogP contribution in [0.2, 0.25) is 5.02 Å². The predicted molar refractivity (Wildman–Crippen MR) is 111 cm³/mol. The first-order chi connectivity index (χ1) is 14.1. The zero-order chi connectivity index (χ0) is 20.4. The summed E-state index contributed by atoms with van der Waals surface area (Å²) in [5.74, 6) is 1.83. The number of benzene rings is 2. The molecule has 29 heavy (non-hydrogen) atoms. The van der Waals surface area contributed by atoms with Crippen LogP contribution in [0.4, 0.5) is 0 Å². The number of hydrogen-bond donors (Lipinski definition) is 1. The molecule has 1 aliphatic rings. The van der Waals surface area contributed by atoms with Crippen molar-refractivity contribution in [3.8, 4) is 11.5 Å². The van der Waals surface area contributed by atoms with Crippen molar-refractivity contribution in [1.82, 2.24) is 14.9 Å². The summed E-state index contributed by atoms with van der Waals surface area (Å²) in [5, 5.41) is 3.67. The number of aryl methyl sites for hydroxylation is 1. The number of halogens is 1. The van der Waals surface area contributed by atoms with E-state index < -0.39 is 6.04 Å². The number of ether oxygens (including phenoxy) is 2. The molecule has 4 rings (SSSR count). The van der Waals surface area contributed by atoms with E-state index in [-0.39, 0.29) is 12.5 Å². The van der Waals surface area contributed by atoms with E-state index in [0.29, 0.717) is 27.9 Å². The fourth-order valence-electron chi connectivity index (χ4n) is 3.34. The summed E-state index contributed by atoms with van der Waals surface area (Å²) < 4.78 is 13.1. The molecule has 1 N–H and O–H groups in total. The van der Waals surface area contributed by atoms with E-state index in [2.05, 4.69) is 10.3 Å². The first-order valence-electron chi connectivity index (χ1n) is 9.10. The van der Waals surface area contributed by atoms with Crippen LogP contribution in [0.3, 0.4) is 0 Å². The molecule has 0 radical (unpaired) electrons. The number of fused-ring (bicyclic) bond motifs is 1. The van der Waals surface area contributed by atoms with Gasteiger partial charge < -0.3 is 19.4 Å². The van der Waals surface area contributed by atoms with Gasteiger partial charge in [-0.3, -0.25) is 4.79 Å². The van der Waals surface area contributed by atoms with Crippen LogP contribution in [0.1, 0.15) is 23.0 Å². The summed E-state index contributed by atoms with van der Waals surface area (Å²) in [6.45, 7) is 0.180. The number of imidazole rings is 1. The second kappa shape index (κ2) is 8.01. The third kappa shape index (κ3) is 3.84. The van der Waals surface area contributed by atoms with Crippen LogP contribution >= 0.6 is 11.6 Å². The minimum Gasteiger partial charge on any atom is -0.496 e. The Labute approximate surface area is 173 Å². The molecule has 1 aliphatic heterocycles. The maximum atomic E-state index is 13.1. The van der Waals surface area contributed by atoms with Crippen molar-refractivity contribution in [1.29, 1.82) is 0 Å². The first-order valence-corrected chi connectivity index (χ1v) is 9.48. The van der Waals surface area contributed by atoms with E-state index in [0.717, 1.165) is 11.1 Å². The molecule has 0 saturated heterocycles. The van der Waals surface area contributed by atoms with E-state index in [1.807, 2.05) is 42.1 Å². The SMILES string of the molecule is COc1ccccc1C(NC(=O)C1=Cc2cc(Cl)ccc2OC1)c1nccn1C. The third-order valence-corrected chi connectivity index (χ3v) is 5.05. The van der Waals surface area contributed by atoms with Gasteiger partial charge in [-0.2, -0.15) is 0 Å². The highest BCUT2D eigenvalue weighted by atomic mass is 35.5. The van der Waals surface area contributed by atoms with Gasteiger partial charge in [-0.05, 0) is 30.3 Å². The molecule has 1 amide bonds. The summed E-state index contributed by atoms with van der Waals surface area (Å²) in [7, 11) is 3.49. The Morgan fingerprint density at radius 2 is 2.14 bits per heavy atom. The van der Waals surface area contributed by atoms with Crippen LogP contribution < -0.4 is 14.8 Å². The number of amides is 1. The number of methoxy groups -OCH3 is 1. The summed E-state index contributed by atoms with van der Waals surface area (Å²) in [4.78, 5) is 17.6. The van der Waals surface area contributed by atoms with Gasteiger partial charge in [-0.1, -0.05) is 29.8 Å². The van der Waals surface area contributed by atoms with E-state index >= 15 is 0 Å². The lowest BCUT2D eigenvalue weighted by Gasteiger charge is -2.23. The molecule has 1 atom stereocenters. The lowest BCUT2D eigenvalue weighted by Crippen LogP contribution is -2.34. The Hall–Kier alpha value is -3.25. The highest BCUT2D eigenvalue weighted by Crippen LogP contribution is 2.31. The van der Waals surface area contributed by atoms with Crippen LogP contribution in [0, 0.1) is 0 Å². The molecule has 0 bridgehead atoms. The molecular formula is C22H20ClN3O3. The smallest absolute Gasteiger partial charge is 0.251 e. The average molecular weight is 410 g/mol. The predicted octanol–water partition coefficient (Wildman–Crippen LogP) is 3.76. The second-order valence-electron chi connectivity index (χ2n) is 6.69. The summed E-state index contributed by atoms with van der Waals surface area (Å²) >= 11 is 6.08. The number of carbonyl (C=O) groups is 1. The second-order valence-corrected chi connectivity index (χ2v) is 7.12. The number of carbonyl (C=O) groups excluding carboxylic acids is 1. The molecule has 0 aliphatic carbocycles. The fourth-order valence-corrected chi connectivity index (χ4v) is 3.53. The Kier molecular flexibility index (Phi) is 5.27. The molecule has 3 aromatic rings. The van der Waals surface area contributed by atoms with Crippen molar-refractivity contribution in [3.05, 3.63) is 82.4 Å². The highest BCUT2D eigenvalue weighted by Gasteiger charge is 2.26. The zero-order valence-corrected chi connectivity index (χ0v) is 16.8. The fraction of sp³-hybridized carbons (Fsp3) is 0.182. The Bertz CT molecular complexity index is 1090. The van der Waals surface area contributed by atoms with Gasteiger partial charge in [0.2, 0.25) is 0 Å². The molecule has 6 nitrogen and oxygen atoms in total. The monoisotopic (exact) mass is 409 g/mol. The topological polar surface area (TPSA) is 65.4 Å². The van der Waals surface area contributed by atoms with Crippen molar-refractivity contribution in [2.24, 2.45) is 7.05 Å². The Morgan fingerprint density at radius 3 is 2.90 bits per heavy atom. The molecule has 0 spiro atoms. The van der Waals surface area contributed by atoms with Crippen LogP contribution in [0.5, 0.6) is 11.5 Å². The first kappa shape index (κ1) is 19.1. The Balaban J connectivity index is 1.68. The summed E-state index contributed by atoms with van der Waals surface area (Å²) in [6, 6.07) is 12.4. The summed E-state index contributed by atoms with van der Waals surface area (Å²) in [5.41, 5.74) is 2.10. The summed E-state index contributed by atoms with van der Waals surface area (Å²) in [6.07, 6.45) is 5.34. The molecule has 2 aromatic carbocycles. The molecule has 7 heteroatoms. The highest BCUT2D eigenvalue weighted by molar-refractivity contribution is 6.30. The molecule has 0 saturated carbocycles. The van der Waals surface area contributed by atoms with Gasteiger partial charge in [0, 0.05) is 35.6 Å². The normalized spacial score (nSPS) is 13.7. The van der Waals surface area contributed by atoms with Gasteiger partial charge in [0.25, 0.3) is 5.91 Å². The quantitative estimate of drug-likeness (QED) is 0.696. The van der Waals surface area contributed by atoms with Crippen molar-refractivity contribution >= 4 is 23.6 Å². The molecule has 2 heterocycles. The van der Waals surface area contributed by atoms with Crippen LogP contribution in [-0.2, 0) is 11.8 Å². The molecule has 148 valence electrons. The van der Waals surface area contributed by atoms with Gasteiger partial charge >= 0.3 is 0 Å². The van der Waals surface area contributed by atoms with Gasteiger partial charge in [0.05, 0.1) is 12.7 Å². The van der Waals surface area contributed by atoms with Crippen molar-refractivity contribution in [2.45, 2.75) is 6.04 Å². The third-order valence-electron chi connectivity index (χ3n) is 4.82. The number of nitrogens with one attached hydrogen (secondary N) is 1. The van der Waals surface area contributed by atoms with Crippen LogP contribution in [0.15, 0.2) is 60.4 Å². The largest absolute Gasteiger partial charge is 0.496 e.